The van der Waals surface area contributed by atoms with Crippen LogP contribution in [0.5, 0.6) is 0 Å². The van der Waals surface area contributed by atoms with Crippen LogP contribution in [-0.2, 0) is 14.4 Å². The topological polar surface area (TPSA) is 114 Å². The Labute approximate surface area is 122 Å². The first-order valence-corrected chi connectivity index (χ1v) is 6.50. The minimum atomic E-state index is -0.377. The summed E-state index contributed by atoms with van der Waals surface area (Å²) in [6, 6.07) is 4.88. The van der Waals surface area contributed by atoms with Crippen molar-refractivity contribution in [3.05, 3.63) is 30.9 Å². The highest BCUT2D eigenvalue weighted by Gasteiger charge is 2.05. The first-order valence-electron chi connectivity index (χ1n) is 6.50. The maximum atomic E-state index is 11.7. The van der Waals surface area contributed by atoms with Gasteiger partial charge in [-0.05, 0) is 31.1 Å². The van der Waals surface area contributed by atoms with Gasteiger partial charge in [-0.2, -0.15) is 0 Å². The molecule has 0 bridgehead atoms. The third kappa shape index (κ3) is 6.86. The summed E-state index contributed by atoms with van der Waals surface area (Å²) in [5.74, 6) is -0.289. The molecule has 1 rings (SSSR count). The summed E-state index contributed by atoms with van der Waals surface area (Å²) >= 11 is 0. The molecular formula is C14H18N4O3. The average Bonchev–Trinajstić information content (AvgIpc) is 2.43. The second-order valence-corrected chi connectivity index (χ2v) is 4.32. The van der Waals surface area contributed by atoms with Crippen LogP contribution in [0.4, 0.5) is 11.6 Å². The van der Waals surface area contributed by atoms with Crippen LogP contribution in [-0.4, -0.2) is 22.7 Å². The molecule has 0 spiro atoms. The Balaban J connectivity index is 2.45. The minimum Gasteiger partial charge on any atom is -0.370 e. The summed E-state index contributed by atoms with van der Waals surface area (Å²) in [4.78, 5) is 37.5. The molecule has 4 N–H and O–H groups in total. The number of aromatic nitrogens is 1. The maximum absolute atomic E-state index is 11.7. The molecule has 112 valence electrons. The van der Waals surface area contributed by atoms with E-state index in [2.05, 4.69) is 22.2 Å². The number of hydrogen-bond donors (Lipinski definition) is 3. The SMILES string of the molecule is C=CC(=O)Nc1cccc(NC(=O)CCCCC(N)=O)n1. The number of carbonyl (C=O) groups is 3. The highest BCUT2D eigenvalue weighted by Crippen LogP contribution is 2.10. The Morgan fingerprint density at radius 2 is 1.76 bits per heavy atom. The molecule has 0 saturated carbocycles. The number of pyridine rings is 1. The van der Waals surface area contributed by atoms with Crippen LogP contribution in [0.2, 0.25) is 0 Å². The van der Waals surface area contributed by atoms with Gasteiger partial charge in [-0.15, -0.1) is 0 Å². The van der Waals surface area contributed by atoms with Gasteiger partial charge < -0.3 is 16.4 Å². The van der Waals surface area contributed by atoms with Crippen molar-refractivity contribution in [3.8, 4) is 0 Å². The van der Waals surface area contributed by atoms with E-state index in [9.17, 15) is 14.4 Å². The van der Waals surface area contributed by atoms with Crippen molar-refractivity contribution >= 4 is 29.4 Å². The Bertz CT molecular complexity index is 543. The number of unbranched alkanes of at least 4 members (excludes halogenated alkanes) is 1. The molecule has 21 heavy (non-hydrogen) atoms. The highest BCUT2D eigenvalue weighted by molar-refractivity contribution is 5.98. The number of rotatable bonds is 8. The number of nitrogens with two attached hydrogens (primary N) is 1. The summed E-state index contributed by atoms with van der Waals surface area (Å²) in [7, 11) is 0. The predicted octanol–water partition coefficient (Wildman–Crippen LogP) is 1.19. The van der Waals surface area contributed by atoms with Gasteiger partial charge in [0.25, 0.3) is 0 Å². The molecule has 1 heterocycles. The lowest BCUT2D eigenvalue weighted by molar-refractivity contribution is -0.119. The molecule has 0 aliphatic heterocycles. The number of nitrogens with zero attached hydrogens (tertiary/aromatic N) is 1. The molecule has 0 saturated heterocycles. The lowest BCUT2D eigenvalue weighted by Crippen LogP contribution is -2.15. The number of amides is 3. The van der Waals surface area contributed by atoms with Gasteiger partial charge in [0, 0.05) is 12.8 Å². The lowest BCUT2D eigenvalue weighted by atomic mass is 10.2. The second-order valence-electron chi connectivity index (χ2n) is 4.32. The van der Waals surface area contributed by atoms with E-state index in [1.54, 1.807) is 18.2 Å². The normalized spacial score (nSPS) is 9.71. The number of primary amides is 1. The van der Waals surface area contributed by atoms with Gasteiger partial charge in [-0.3, -0.25) is 14.4 Å². The molecule has 0 atom stereocenters. The fourth-order valence-corrected chi connectivity index (χ4v) is 1.54. The smallest absolute Gasteiger partial charge is 0.248 e. The van der Waals surface area contributed by atoms with Gasteiger partial charge in [0.15, 0.2) is 0 Å². The van der Waals surface area contributed by atoms with Crippen LogP contribution in [0.15, 0.2) is 30.9 Å². The largest absolute Gasteiger partial charge is 0.370 e. The van der Waals surface area contributed by atoms with Gasteiger partial charge in [0.1, 0.15) is 11.6 Å². The van der Waals surface area contributed by atoms with Crippen molar-refractivity contribution in [2.45, 2.75) is 25.7 Å². The van der Waals surface area contributed by atoms with Crippen LogP contribution < -0.4 is 16.4 Å². The fourth-order valence-electron chi connectivity index (χ4n) is 1.54. The minimum absolute atomic E-state index is 0.209. The Morgan fingerprint density at radius 3 is 2.38 bits per heavy atom. The zero-order valence-corrected chi connectivity index (χ0v) is 11.6. The second kappa shape index (κ2) is 8.47. The van der Waals surface area contributed by atoms with Crippen molar-refractivity contribution in [2.75, 3.05) is 10.6 Å². The van der Waals surface area contributed by atoms with Gasteiger partial charge in [0.2, 0.25) is 17.7 Å². The van der Waals surface area contributed by atoms with Crippen molar-refractivity contribution < 1.29 is 14.4 Å². The maximum Gasteiger partial charge on any atom is 0.248 e. The standard InChI is InChI=1S/C14H18N4O3/c1-2-13(20)17-11-7-5-8-12(16-11)18-14(21)9-4-3-6-10(15)19/h2,5,7-8H,1,3-4,6,9H2,(H2,15,19)(H2,16,17,18,20,21). The van der Waals surface area contributed by atoms with Gasteiger partial charge in [-0.25, -0.2) is 4.98 Å². The Hall–Kier alpha value is -2.70. The Kier molecular flexibility index (Phi) is 6.59. The van der Waals surface area contributed by atoms with Crippen LogP contribution in [0.1, 0.15) is 25.7 Å². The molecule has 0 aliphatic rings. The van der Waals surface area contributed by atoms with E-state index in [0.717, 1.165) is 6.08 Å². The van der Waals surface area contributed by atoms with Crippen molar-refractivity contribution in [1.29, 1.82) is 0 Å². The van der Waals surface area contributed by atoms with Crippen molar-refractivity contribution in [2.24, 2.45) is 5.73 Å². The monoisotopic (exact) mass is 290 g/mol. The summed E-state index contributed by atoms with van der Waals surface area (Å²) < 4.78 is 0. The molecule has 1 aromatic heterocycles. The predicted molar refractivity (Wildman–Crippen MR) is 79.4 cm³/mol. The number of anilines is 2. The third-order valence-electron chi connectivity index (χ3n) is 2.53. The van der Waals surface area contributed by atoms with Crippen LogP contribution in [0, 0.1) is 0 Å². The van der Waals surface area contributed by atoms with E-state index in [1.165, 1.54) is 0 Å². The van der Waals surface area contributed by atoms with Gasteiger partial charge in [-0.1, -0.05) is 12.6 Å². The van der Waals surface area contributed by atoms with Crippen LogP contribution >= 0.6 is 0 Å². The number of hydrogen-bond acceptors (Lipinski definition) is 4. The van der Waals surface area contributed by atoms with Crippen molar-refractivity contribution in [1.82, 2.24) is 4.98 Å². The first-order chi connectivity index (χ1) is 10.0. The summed E-state index contributed by atoms with van der Waals surface area (Å²) in [5.41, 5.74) is 5.01. The zero-order chi connectivity index (χ0) is 15.7. The van der Waals surface area contributed by atoms with E-state index < -0.39 is 0 Å². The molecule has 0 unspecified atom stereocenters. The highest BCUT2D eigenvalue weighted by atomic mass is 16.2. The quantitative estimate of drug-likeness (QED) is 0.492. The molecular weight excluding hydrogens is 272 g/mol. The van der Waals surface area contributed by atoms with Gasteiger partial charge >= 0.3 is 0 Å². The first kappa shape index (κ1) is 16.4. The molecule has 3 amide bonds. The number of nitrogens with one attached hydrogen (secondary N) is 2. The summed E-state index contributed by atoms with van der Waals surface area (Å²) in [6.45, 7) is 3.34. The molecule has 7 nitrogen and oxygen atoms in total. The van der Waals surface area contributed by atoms with E-state index in [-0.39, 0.29) is 30.6 Å². The number of carbonyl (C=O) groups excluding carboxylic acids is 3. The Morgan fingerprint density at radius 1 is 1.14 bits per heavy atom. The lowest BCUT2D eigenvalue weighted by Gasteiger charge is -2.06. The van der Waals surface area contributed by atoms with Crippen LogP contribution in [0.3, 0.4) is 0 Å². The molecule has 0 aromatic carbocycles. The molecule has 1 aromatic rings. The molecule has 7 heteroatoms. The zero-order valence-electron chi connectivity index (χ0n) is 11.6. The summed E-state index contributed by atoms with van der Waals surface area (Å²) in [6.07, 6.45) is 2.83. The molecule has 0 radical (unpaired) electrons. The fraction of sp³-hybridized carbons (Fsp3) is 0.286. The van der Waals surface area contributed by atoms with E-state index in [1.807, 2.05) is 0 Å². The van der Waals surface area contributed by atoms with E-state index in [4.69, 9.17) is 5.73 Å². The van der Waals surface area contributed by atoms with Gasteiger partial charge in [0.05, 0.1) is 0 Å². The van der Waals surface area contributed by atoms with Crippen molar-refractivity contribution in [3.63, 3.8) is 0 Å². The van der Waals surface area contributed by atoms with Crippen LogP contribution in [0.25, 0.3) is 0 Å². The summed E-state index contributed by atoms with van der Waals surface area (Å²) in [5, 5.41) is 5.12. The average molecular weight is 290 g/mol. The third-order valence-corrected chi connectivity index (χ3v) is 2.53. The van der Waals surface area contributed by atoms with E-state index in [0.29, 0.717) is 24.5 Å². The molecule has 0 aliphatic carbocycles. The van der Waals surface area contributed by atoms with E-state index >= 15 is 0 Å². The molecule has 0 fully saturated rings.